The fourth-order valence-electron chi connectivity index (χ4n) is 1.77. The maximum Gasteiger partial charge on any atom is 0.534 e. The molecule has 2 heterocycles. The number of aromatic nitrogens is 1. The lowest BCUT2D eigenvalue weighted by Gasteiger charge is -2.12. The maximum absolute atomic E-state index is 12.2. The Morgan fingerprint density at radius 3 is 2.21 bits per heavy atom. The van der Waals surface area contributed by atoms with Crippen molar-refractivity contribution in [3.8, 4) is 17.4 Å². The standard InChI is InChI=1S/C13H9F3N2O5S/c14-13(15,16)24(19,20)23-12-6-5-9(7-17-12)8-18-21-10-3-1-2-4-11(10)22-18/h1-7H,8H2. The highest BCUT2D eigenvalue weighted by molar-refractivity contribution is 7.87. The number of rotatable bonds is 4. The largest absolute Gasteiger partial charge is 0.534 e. The predicted molar refractivity (Wildman–Crippen MR) is 73.1 cm³/mol. The highest BCUT2D eigenvalue weighted by Gasteiger charge is 2.48. The van der Waals surface area contributed by atoms with Crippen LogP contribution in [0.25, 0.3) is 0 Å². The van der Waals surface area contributed by atoms with Gasteiger partial charge in [0.2, 0.25) is 5.88 Å². The number of para-hydroxylation sites is 2. The minimum Gasteiger partial charge on any atom is -0.367 e. The summed E-state index contributed by atoms with van der Waals surface area (Å²) in [6, 6.07) is 9.27. The summed E-state index contributed by atoms with van der Waals surface area (Å²) >= 11 is 0. The van der Waals surface area contributed by atoms with Crippen LogP contribution in [-0.2, 0) is 16.7 Å². The van der Waals surface area contributed by atoms with Gasteiger partial charge in [-0.15, -0.1) is 0 Å². The molecule has 24 heavy (non-hydrogen) atoms. The zero-order valence-electron chi connectivity index (χ0n) is 11.7. The van der Waals surface area contributed by atoms with Crippen molar-refractivity contribution in [2.45, 2.75) is 12.1 Å². The molecule has 0 saturated heterocycles. The zero-order chi connectivity index (χ0) is 17.4. The van der Waals surface area contributed by atoms with Crippen LogP contribution in [-0.4, -0.2) is 24.1 Å². The Hall–Kier alpha value is -2.53. The van der Waals surface area contributed by atoms with Crippen LogP contribution in [0.4, 0.5) is 13.2 Å². The first-order valence-corrected chi connectivity index (χ1v) is 7.84. The second kappa shape index (κ2) is 5.83. The molecule has 1 aliphatic rings. The number of hydrogen-bond acceptors (Lipinski definition) is 7. The maximum atomic E-state index is 12.2. The summed E-state index contributed by atoms with van der Waals surface area (Å²) in [5.41, 5.74) is -5.02. The van der Waals surface area contributed by atoms with Gasteiger partial charge in [-0.25, -0.2) is 4.98 Å². The van der Waals surface area contributed by atoms with E-state index in [0.717, 1.165) is 17.5 Å². The first-order chi connectivity index (χ1) is 11.2. The van der Waals surface area contributed by atoms with Crippen LogP contribution in [0.1, 0.15) is 5.56 Å². The molecule has 0 saturated carbocycles. The van der Waals surface area contributed by atoms with Gasteiger partial charge in [-0.3, -0.25) is 0 Å². The monoisotopic (exact) mass is 362 g/mol. The summed E-state index contributed by atoms with van der Waals surface area (Å²) in [6.45, 7) is 0.105. The van der Waals surface area contributed by atoms with E-state index in [1.807, 2.05) is 0 Å². The van der Waals surface area contributed by atoms with Gasteiger partial charge in [-0.05, 0) is 17.7 Å². The molecule has 0 N–H and O–H groups in total. The molecule has 1 aromatic heterocycles. The number of nitrogens with zero attached hydrogens (tertiary/aromatic N) is 2. The molecule has 0 fully saturated rings. The SMILES string of the molecule is O=S(=O)(Oc1ccc(CN2Oc3ccccc3O2)cn1)C(F)(F)F. The summed E-state index contributed by atoms with van der Waals surface area (Å²) in [5.74, 6) is 0.339. The third kappa shape index (κ3) is 3.36. The van der Waals surface area contributed by atoms with Crippen molar-refractivity contribution in [2.75, 3.05) is 0 Å². The Labute approximate surface area is 134 Å². The van der Waals surface area contributed by atoms with Gasteiger partial charge >= 0.3 is 15.6 Å². The van der Waals surface area contributed by atoms with Gasteiger partial charge in [0, 0.05) is 17.5 Å². The van der Waals surface area contributed by atoms with Crippen molar-refractivity contribution < 1.29 is 35.4 Å². The van der Waals surface area contributed by atoms with E-state index < -0.39 is 21.5 Å². The van der Waals surface area contributed by atoms with Crippen LogP contribution in [0.2, 0.25) is 0 Å². The average molecular weight is 362 g/mol. The van der Waals surface area contributed by atoms with Crippen LogP contribution in [0.3, 0.4) is 0 Å². The van der Waals surface area contributed by atoms with E-state index in [2.05, 4.69) is 9.17 Å². The Balaban J connectivity index is 1.64. The smallest absolute Gasteiger partial charge is 0.367 e. The Morgan fingerprint density at radius 2 is 1.71 bits per heavy atom. The van der Waals surface area contributed by atoms with E-state index in [9.17, 15) is 21.6 Å². The summed E-state index contributed by atoms with van der Waals surface area (Å²) in [7, 11) is -5.74. The zero-order valence-corrected chi connectivity index (χ0v) is 12.5. The lowest BCUT2D eigenvalue weighted by Crippen LogP contribution is -2.28. The lowest BCUT2D eigenvalue weighted by atomic mass is 10.3. The molecule has 128 valence electrons. The summed E-state index contributed by atoms with van der Waals surface area (Å²) in [5, 5.41) is 1.15. The molecule has 0 aliphatic carbocycles. The topological polar surface area (TPSA) is 78.0 Å². The van der Waals surface area contributed by atoms with E-state index in [1.54, 1.807) is 24.3 Å². The third-order valence-corrected chi connectivity index (χ3v) is 3.79. The molecule has 2 aromatic rings. The van der Waals surface area contributed by atoms with Crippen molar-refractivity contribution in [1.29, 1.82) is 0 Å². The molecule has 0 spiro atoms. The minimum absolute atomic E-state index is 0.105. The number of halogens is 3. The number of pyridine rings is 1. The normalized spacial score (nSPS) is 14.6. The Bertz CT molecular complexity index is 814. The molecule has 0 amide bonds. The number of benzene rings is 1. The van der Waals surface area contributed by atoms with Gasteiger partial charge < -0.3 is 13.9 Å². The highest BCUT2D eigenvalue weighted by atomic mass is 32.2. The number of fused-ring (bicyclic) bond motifs is 1. The van der Waals surface area contributed by atoms with Crippen molar-refractivity contribution in [3.05, 3.63) is 48.2 Å². The molecule has 1 aromatic carbocycles. The van der Waals surface area contributed by atoms with Gasteiger partial charge in [0.1, 0.15) is 6.54 Å². The predicted octanol–water partition coefficient (Wildman–Crippen LogP) is 2.41. The Morgan fingerprint density at radius 1 is 1.08 bits per heavy atom. The van der Waals surface area contributed by atoms with Crippen molar-refractivity contribution in [3.63, 3.8) is 0 Å². The van der Waals surface area contributed by atoms with Gasteiger partial charge in [0.15, 0.2) is 11.5 Å². The molecule has 3 rings (SSSR count). The van der Waals surface area contributed by atoms with E-state index in [0.29, 0.717) is 17.1 Å². The van der Waals surface area contributed by atoms with Crippen molar-refractivity contribution in [2.24, 2.45) is 0 Å². The molecule has 11 heteroatoms. The summed E-state index contributed by atoms with van der Waals surface area (Å²) in [6.07, 6.45) is 1.15. The molecule has 0 atom stereocenters. The van der Waals surface area contributed by atoms with E-state index >= 15 is 0 Å². The molecule has 0 radical (unpaired) electrons. The number of hydrogen-bond donors (Lipinski definition) is 0. The van der Waals surface area contributed by atoms with Crippen LogP contribution < -0.4 is 13.9 Å². The fourth-order valence-corrected chi connectivity index (χ4v) is 2.18. The van der Waals surface area contributed by atoms with E-state index in [1.165, 1.54) is 6.07 Å². The summed E-state index contributed by atoms with van der Waals surface area (Å²) < 4.78 is 62.3. The molecular weight excluding hydrogens is 353 g/mol. The lowest BCUT2D eigenvalue weighted by molar-refractivity contribution is -0.234. The fraction of sp³-hybridized carbons (Fsp3) is 0.154. The first-order valence-electron chi connectivity index (χ1n) is 6.43. The average Bonchev–Trinajstić information content (AvgIpc) is 2.90. The van der Waals surface area contributed by atoms with Crippen LogP contribution in [0, 0.1) is 0 Å². The van der Waals surface area contributed by atoms with Gasteiger partial charge in [-0.2, -0.15) is 21.6 Å². The van der Waals surface area contributed by atoms with Gasteiger partial charge in [0.25, 0.3) is 0 Å². The van der Waals surface area contributed by atoms with Crippen LogP contribution in [0.5, 0.6) is 17.4 Å². The first kappa shape index (κ1) is 16.3. The van der Waals surface area contributed by atoms with Crippen LogP contribution in [0.15, 0.2) is 42.6 Å². The van der Waals surface area contributed by atoms with Crippen molar-refractivity contribution >= 4 is 10.1 Å². The summed E-state index contributed by atoms with van der Waals surface area (Å²) in [4.78, 5) is 14.3. The van der Waals surface area contributed by atoms with Gasteiger partial charge in [0.05, 0.1) is 0 Å². The van der Waals surface area contributed by atoms with E-state index in [-0.39, 0.29) is 6.54 Å². The minimum atomic E-state index is -5.74. The second-order valence-corrected chi connectivity index (χ2v) is 6.15. The Kier molecular flexibility index (Phi) is 3.97. The number of alkyl halides is 3. The molecule has 1 aliphatic heterocycles. The van der Waals surface area contributed by atoms with E-state index in [4.69, 9.17) is 9.68 Å². The van der Waals surface area contributed by atoms with Crippen molar-refractivity contribution in [1.82, 2.24) is 10.2 Å². The quantitative estimate of drug-likeness (QED) is 0.610. The molecule has 0 bridgehead atoms. The molecule has 7 nitrogen and oxygen atoms in total. The molecular formula is C13H9F3N2O5S. The number of hydroxylamine groups is 2. The van der Waals surface area contributed by atoms with Gasteiger partial charge in [-0.1, -0.05) is 18.2 Å². The van der Waals surface area contributed by atoms with Crippen LogP contribution >= 0.6 is 0 Å². The third-order valence-electron chi connectivity index (χ3n) is 2.84. The molecule has 0 unspecified atom stereocenters. The second-order valence-electron chi connectivity index (χ2n) is 4.61. The highest BCUT2D eigenvalue weighted by Crippen LogP contribution is 2.34.